The van der Waals surface area contributed by atoms with Gasteiger partial charge in [-0.05, 0) is 6.07 Å². The second-order valence-corrected chi connectivity index (χ2v) is 3.66. The quantitative estimate of drug-likeness (QED) is 0.807. The summed E-state index contributed by atoms with van der Waals surface area (Å²) in [6.45, 7) is 0. The molecule has 7 heteroatoms. The van der Waals surface area contributed by atoms with Crippen LogP contribution in [-0.4, -0.2) is 30.5 Å². The molecule has 0 aliphatic heterocycles. The van der Waals surface area contributed by atoms with Gasteiger partial charge in [-0.25, -0.2) is 4.79 Å². The fraction of sp³-hybridized carbons (Fsp3) is 0.167. The molecule has 7 nitrogen and oxygen atoms in total. The molecule has 2 rings (SSSR count). The number of phenolic OH excluding ortho intramolecular Hbond substituents is 1. The summed E-state index contributed by atoms with van der Waals surface area (Å²) in [5.74, 6) is -0.466. The number of carbonyl (C=O) groups excluding carboxylic acids is 1. The van der Waals surface area contributed by atoms with Crippen LogP contribution in [0.5, 0.6) is 11.5 Å². The van der Waals surface area contributed by atoms with E-state index < -0.39 is 5.97 Å². The normalized spacial score (nSPS) is 10.2. The molecule has 1 heterocycles. The first kappa shape index (κ1) is 12.7. The summed E-state index contributed by atoms with van der Waals surface area (Å²) in [7, 11) is 2.64. The maximum Gasteiger partial charge on any atom is 0.341 e. The average molecular weight is 264 g/mol. The number of esters is 1. The molecule has 0 amide bonds. The lowest BCUT2D eigenvalue weighted by Gasteiger charge is -2.10. The lowest BCUT2D eigenvalue weighted by molar-refractivity contribution is 0.0597. The lowest BCUT2D eigenvalue weighted by Crippen LogP contribution is -2.04. The third kappa shape index (κ3) is 2.17. The molecule has 0 aliphatic carbocycles. The van der Waals surface area contributed by atoms with Crippen molar-refractivity contribution in [3.8, 4) is 22.6 Å². The van der Waals surface area contributed by atoms with E-state index in [1.54, 1.807) is 0 Å². The van der Waals surface area contributed by atoms with Crippen LogP contribution in [0.3, 0.4) is 0 Å². The lowest BCUT2D eigenvalue weighted by atomic mass is 10.0. The van der Waals surface area contributed by atoms with Crippen LogP contribution < -0.4 is 10.5 Å². The topological polar surface area (TPSA) is 108 Å². The standard InChI is InChI=1S/C12H12N2O5/c1-17-10-4-9(15)6(3-7(10)12(16)18-2)8-5-14-19-11(8)13/h3-5,15H,13H2,1-2H3. The Morgan fingerprint density at radius 1 is 1.37 bits per heavy atom. The Kier molecular flexibility index (Phi) is 3.28. The van der Waals surface area contributed by atoms with Gasteiger partial charge in [0.15, 0.2) is 0 Å². The minimum Gasteiger partial charge on any atom is -0.507 e. The molecule has 0 radical (unpaired) electrons. The number of aromatic hydroxyl groups is 1. The van der Waals surface area contributed by atoms with Crippen molar-refractivity contribution in [1.29, 1.82) is 0 Å². The van der Waals surface area contributed by atoms with Crippen LogP contribution in [0, 0.1) is 0 Å². The number of phenols is 1. The fourth-order valence-corrected chi connectivity index (χ4v) is 1.67. The van der Waals surface area contributed by atoms with E-state index in [0.717, 1.165) is 0 Å². The Morgan fingerprint density at radius 2 is 2.11 bits per heavy atom. The Bertz CT molecular complexity index is 621. The molecule has 3 N–H and O–H groups in total. The van der Waals surface area contributed by atoms with Crippen molar-refractivity contribution in [2.45, 2.75) is 0 Å². The second-order valence-electron chi connectivity index (χ2n) is 3.66. The zero-order valence-electron chi connectivity index (χ0n) is 10.3. The molecule has 0 atom stereocenters. The molecule has 19 heavy (non-hydrogen) atoms. The van der Waals surface area contributed by atoms with Gasteiger partial charge in [-0.3, -0.25) is 0 Å². The first-order chi connectivity index (χ1) is 9.08. The molecule has 100 valence electrons. The largest absolute Gasteiger partial charge is 0.507 e. The van der Waals surface area contributed by atoms with Crippen LogP contribution in [0.2, 0.25) is 0 Å². The Hall–Kier alpha value is -2.70. The molecule has 1 aromatic heterocycles. The molecule has 0 unspecified atom stereocenters. The predicted octanol–water partition coefficient (Wildman–Crippen LogP) is 1.42. The van der Waals surface area contributed by atoms with E-state index in [4.69, 9.17) is 15.0 Å². The number of ether oxygens (including phenoxy) is 2. The number of hydrogen-bond acceptors (Lipinski definition) is 7. The van der Waals surface area contributed by atoms with Gasteiger partial charge in [0, 0.05) is 11.6 Å². The molecule has 2 aromatic rings. The summed E-state index contributed by atoms with van der Waals surface area (Å²) in [6.07, 6.45) is 1.35. The monoisotopic (exact) mass is 264 g/mol. The van der Waals surface area contributed by atoms with Crippen molar-refractivity contribution < 1.29 is 23.9 Å². The van der Waals surface area contributed by atoms with E-state index in [9.17, 15) is 9.90 Å². The Morgan fingerprint density at radius 3 is 2.63 bits per heavy atom. The third-order valence-corrected chi connectivity index (χ3v) is 2.61. The molecule has 0 saturated carbocycles. The zero-order valence-corrected chi connectivity index (χ0v) is 10.3. The van der Waals surface area contributed by atoms with Crippen molar-refractivity contribution in [3.05, 3.63) is 23.9 Å². The van der Waals surface area contributed by atoms with Gasteiger partial charge in [-0.2, -0.15) is 0 Å². The van der Waals surface area contributed by atoms with Gasteiger partial charge in [0.2, 0.25) is 5.88 Å². The number of anilines is 1. The number of benzene rings is 1. The van der Waals surface area contributed by atoms with Crippen LogP contribution >= 0.6 is 0 Å². The highest BCUT2D eigenvalue weighted by molar-refractivity contribution is 5.95. The van der Waals surface area contributed by atoms with E-state index in [1.165, 1.54) is 32.5 Å². The highest BCUT2D eigenvalue weighted by Crippen LogP contribution is 2.37. The third-order valence-electron chi connectivity index (χ3n) is 2.61. The van der Waals surface area contributed by atoms with Gasteiger partial charge < -0.3 is 24.8 Å². The van der Waals surface area contributed by atoms with Crippen LogP contribution in [0.1, 0.15) is 10.4 Å². The minimum absolute atomic E-state index is 0.0382. The van der Waals surface area contributed by atoms with Crippen LogP contribution in [0.15, 0.2) is 22.9 Å². The SMILES string of the molecule is COC(=O)c1cc(-c2cnoc2N)c(O)cc1OC. The maximum atomic E-state index is 11.7. The van der Waals surface area contributed by atoms with E-state index in [1.807, 2.05) is 0 Å². The highest BCUT2D eigenvalue weighted by Gasteiger charge is 2.20. The molecular formula is C12H12N2O5. The van der Waals surface area contributed by atoms with Gasteiger partial charge in [-0.15, -0.1) is 0 Å². The Labute approximate surface area is 108 Å². The highest BCUT2D eigenvalue weighted by atomic mass is 16.5. The number of nitrogen functional groups attached to an aromatic ring is 1. The number of rotatable bonds is 3. The van der Waals surface area contributed by atoms with Crippen molar-refractivity contribution in [2.75, 3.05) is 20.0 Å². The van der Waals surface area contributed by atoms with Crippen LogP contribution in [0.4, 0.5) is 5.88 Å². The summed E-state index contributed by atoms with van der Waals surface area (Å²) in [6, 6.07) is 2.71. The number of nitrogens with zero attached hydrogens (tertiary/aromatic N) is 1. The first-order valence-corrected chi connectivity index (χ1v) is 5.28. The summed E-state index contributed by atoms with van der Waals surface area (Å²) in [5, 5.41) is 13.5. The number of methoxy groups -OCH3 is 2. The number of nitrogens with two attached hydrogens (primary N) is 1. The molecule has 0 fully saturated rings. The smallest absolute Gasteiger partial charge is 0.341 e. The van der Waals surface area contributed by atoms with Gasteiger partial charge >= 0.3 is 5.97 Å². The van der Waals surface area contributed by atoms with E-state index in [0.29, 0.717) is 11.1 Å². The number of carbonyl (C=O) groups is 1. The molecule has 0 aliphatic rings. The van der Waals surface area contributed by atoms with Gasteiger partial charge in [0.05, 0.1) is 26.0 Å². The number of hydrogen-bond donors (Lipinski definition) is 2. The van der Waals surface area contributed by atoms with Crippen molar-refractivity contribution in [2.24, 2.45) is 0 Å². The summed E-state index contributed by atoms with van der Waals surface area (Å²) in [5.41, 5.74) is 6.43. The molecular weight excluding hydrogens is 252 g/mol. The van der Waals surface area contributed by atoms with Crippen molar-refractivity contribution in [1.82, 2.24) is 5.16 Å². The van der Waals surface area contributed by atoms with Gasteiger partial charge in [0.1, 0.15) is 17.1 Å². The minimum atomic E-state index is -0.590. The van der Waals surface area contributed by atoms with Crippen LogP contribution in [-0.2, 0) is 4.74 Å². The first-order valence-electron chi connectivity index (χ1n) is 5.28. The molecule has 1 aromatic carbocycles. The number of aromatic nitrogens is 1. The fourth-order valence-electron chi connectivity index (χ4n) is 1.67. The summed E-state index contributed by atoms with van der Waals surface area (Å²) >= 11 is 0. The maximum absolute atomic E-state index is 11.7. The van der Waals surface area contributed by atoms with E-state index in [-0.39, 0.29) is 22.9 Å². The van der Waals surface area contributed by atoms with Crippen molar-refractivity contribution in [3.63, 3.8) is 0 Å². The van der Waals surface area contributed by atoms with Crippen LogP contribution in [0.25, 0.3) is 11.1 Å². The molecule has 0 saturated heterocycles. The molecule has 0 spiro atoms. The van der Waals surface area contributed by atoms with Gasteiger partial charge in [0.25, 0.3) is 0 Å². The average Bonchev–Trinajstić information content (AvgIpc) is 2.83. The Balaban J connectivity index is 2.63. The van der Waals surface area contributed by atoms with Crippen molar-refractivity contribution >= 4 is 11.9 Å². The molecule has 0 bridgehead atoms. The second kappa shape index (κ2) is 4.89. The van der Waals surface area contributed by atoms with Gasteiger partial charge in [-0.1, -0.05) is 5.16 Å². The summed E-state index contributed by atoms with van der Waals surface area (Å²) < 4.78 is 14.4. The van der Waals surface area contributed by atoms with E-state index in [2.05, 4.69) is 9.89 Å². The summed E-state index contributed by atoms with van der Waals surface area (Å²) in [4.78, 5) is 11.7. The zero-order chi connectivity index (χ0) is 14.0. The predicted molar refractivity (Wildman–Crippen MR) is 65.9 cm³/mol. The van der Waals surface area contributed by atoms with E-state index >= 15 is 0 Å².